The van der Waals surface area contributed by atoms with Crippen molar-refractivity contribution >= 4 is 11.9 Å². The first-order chi connectivity index (χ1) is 9.06. The van der Waals surface area contributed by atoms with Crippen molar-refractivity contribution in [1.82, 2.24) is 4.90 Å². The third-order valence-corrected chi connectivity index (χ3v) is 2.70. The monoisotopic (exact) mass is 265 g/mol. The summed E-state index contributed by atoms with van der Waals surface area (Å²) in [5, 5.41) is 8.94. The number of methoxy groups -OCH3 is 1. The molecule has 0 aliphatic heterocycles. The highest BCUT2D eigenvalue weighted by Gasteiger charge is 2.11. The summed E-state index contributed by atoms with van der Waals surface area (Å²) in [6.45, 7) is 3.52. The van der Waals surface area contributed by atoms with Crippen LogP contribution in [0.1, 0.15) is 29.3 Å². The Labute approximate surface area is 112 Å². The Morgan fingerprint density at radius 1 is 1.37 bits per heavy atom. The molecule has 0 amide bonds. The summed E-state index contributed by atoms with van der Waals surface area (Å²) in [5.41, 5.74) is 1.13. The summed E-state index contributed by atoms with van der Waals surface area (Å²) in [6.07, 6.45) is 0.912. The highest BCUT2D eigenvalue weighted by molar-refractivity contribution is 5.87. The molecule has 0 fully saturated rings. The number of benzene rings is 1. The molecule has 5 heteroatoms. The van der Waals surface area contributed by atoms with Crippen molar-refractivity contribution in [3.63, 3.8) is 0 Å². The van der Waals surface area contributed by atoms with E-state index in [2.05, 4.69) is 4.74 Å². The topological polar surface area (TPSA) is 66.8 Å². The van der Waals surface area contributed by atoms with Crippen LogP contribution in [0.15, 0.2) is 24.3 Å². The van der Waals surface area contributed by atoms with E-state index in [1.807, 2.05) is 17.9 Å². The number of carbonyl (C=O) groups is 2. The van der Waals surface area contributed by atoms with Crippen molar-refractivity contribution in [2.45, 2.75) is 19.9 Å². The second kappa shape index (κ2) is 7.53. The summed E-state index contributed by atoms with van der Waals surface area (Å²) >= 11 is 0. The van der Waals surface area contributed by atoms with E-state index in [1.54, 1.807) is 18.2 Å². The predicted molar refractivity (Wildman–Crippen MR) is 71.0 cm³/mol. The van der Waals surface area contributed by atoms with Crippen LogP contribution in [0.2, 0.25) is 0 Å². The third-order valence-electron chi connectivity index (χ3n) is 2.70. The maximum Gasteiger partial charge on any atom is 0.335 e. The number of esters is 1. The van der Waals surface area contributed by atoms with Crippen LogP contribution in [0.3, 0.4) is 0 Å². The lowest BCUT2D eigenvalue weighted by molar-refractivity contribution is -0.142. The molecule has 0 atom stereocenters. The van der Waals surface area contributed by atoms with E-state index in [0.717, 1.165) is 18.5 Å². The fourth-order valence-corrected chi connectivity index (χ4v) is 1.84. The van der Waals surface area contributed by atoms with Crippen molar-refractivity contribution in [3.05, 3.63) is 35.4 Å². The molecule has 0 radical (unpaired) electrons. The molecule has 0 saturated carbocycles. The SMILES string of the molecule is CCCN(CC(=O)OC)Cc1cccc(C(=O)O)c1. The van der Waals surface area contributed by atoms with E-state index in [1.165, 1.54) is 7.11 Å². The number of hydrogen-bond donors (Lipinski definition) is 1. The van der Waals surface area contributed by atoms with Gasteiger partial charge in [0.25, 0.3) is 0 Å². The second-order valence-electron chi connectivity index (χ2n) is 4.29. The van der Waals surface area contributed by atoms with Gasteiger partial charge in [-0.25, -0.2) is 4.79 Å². The Morgan fingerprint density at radius 2 is 2.11 bits per heavy atom. The lowest BCUT2D eigenvalue weighted by Gasteiger charge is -2.20. The van der Waals surface area contributed by atoms with Crippen LogP contribution in [-0.2, 0) is 16.1 Å². The van der Waals surface area contributed by atoms with E-state index in [-0.39, 0.29) is 18.1 Å². The van der Waals surface area contributed by atoms with Crippen molar-refractivity contribution in [2.24, 2.45) is 0 Å². The van der Waals surface area contributed by atoms with Gasteiger partial charge in [-0.2, -0.15) is 0 Å². The van der Waals surface area contributed by atoms with Gasteiger partial charge in [0, 0.05) is 6.54 Å². The molecule has 1 aromatic carbocycles. The first-order valence-electron chi connectivity index (χ1n) is 6.18. The van der Waals surface area contributed by atoms with Gasteiger partial charge in [-0.1, -0.05) is 19.1 Å². The number of ether oxygens (including phenoxy) is 1. The summed E-state index contributed by atoms with van der Waals surface area (Å²) in [7, 11) is 1.36. The van der Waals surface area contributed by atoms with E-state index < -0.39 is 5.97 Å². The van der Waals surface area contributed by atoms with Crippen LogP contribution >= 0.6 is 0 Å². The third kappa shape index (κ3) is 5.09. The number of hydrogen-bond acceptors (Lipinski definition) is 4. The second-order valence-corrected chi connectivity index (χ2v) is 4.29. The maximum absolute atomic E-state index is 11.3. The average Bonchev–Trinajstić information content (AvgIpc) is 2.39. The Morgan fingerprint density at radius 3 is 2.68 bits per heavy atom. The molecule has 1 aromatic rings. The Bertz CT molecular complexity index is 445. The van der Waals surface area contributed by atoms with E-state index >= 15 is 0 Å². The van der Waals surface area contributed by atoms with Gasteiger partial charge in [0.15, 0.2) is 0 Å². The minimum absolute atomic E-state index is 0.210. The average molecular weight is 265 g/mol. The maximum atomic E-state index is 11.3. The first kappa shape index (κ1) is 15.2. The standard InChI is InChI=1S/C14H19NO4/c1-3-7-15(10-13(16)19-2)9-11-5-4-6-12(8-11)14(17)18/h4-6,8H,3,7,9-10H2,1-2H3,(H,17,18). The number of carbonyl (C=O) groups excluding carboxylic acids is 1. The largest absolute Gasteiger partial charge is 0.478 e. The van der Waals surface area contributed by atoms with Crippen LogP contribution in [-0.4, -0.2) is 42.1 Å². The minimum Gasteiger partial charge on any atom is -0.478 e. The number of aromatic carboxylic acids is 1. The van der Waals surface area contributed by atoms with Gasteiger partial charge in [-0.05, 0) is 30.7 Å². The van der Waals surface area contributed by atoms with Crippen molar-refractivity contribution < 1.29 is 19.4 Å². The normalized spacial score (nSPS) is 10.5. The Hall–Kier alpha value is -1.88. The van der Waals surface area contributed by atoms with Gasteiger partial charge in [0.1, 0.15) is 0 Å². The summed E-state index contributed by atoms with van der Waals surface area (Å²) in [5.74, 6) is -1.24. The van der Waals surface area contributed by atoms with Crippen LogP contribution in [0.4, 0.5) is 0 Å². The summed E-state index contributed by atoms with van der Waals surface area (Å²) in [6, 6.07) is 6.74. The molecule has 0 aromatic heterocycles. The zero-order valence-electron chi connectivity index (χ0n) is 11.3. The van der Waals surface area contributed by atoms with Crippen LogP contribution < -0.4 is 0 Å². The number of carboxylic acid groups (broad SMARTS) is 1. The zero-order chi connectivity index (χ0) is 14.3. The zero-order valence-corrected chi connectivity index (χ0v) is 11.3. The minimum atomic E-state index is -0.947. The van der Waals surface area contributed by atoms with Gasteiger partial charge >= 0.3 is 11.9 Å². The van der Waals surface area contributed by atoms with Crippen LogP contribution in [0.5, 0.6) is 0 Å². The van der Waals surface area contributed by atoms with Crippen LogP contribution in [0.25, 0.3) is 0 Å². The molecule has 0 bridgehead atoms. The molecule has 0 saturated heterocycles. The smallest absolute Gasteiger partial charge is 0.335 e. The lowest BCUT2D eigenvalue weighted by atomic mass is 10.1. The molecule has 0 unspecified atom stereocenters. The molecule has 0 aliphatic rings. The molecule has 104 valence electrons. The molecule has 0 spiro atoms. The fourth-order valence-electron chi connectivity index (χ4n) is 1.84. The molecular formula is C14H19NO4. The fraction of sp³-hybridized carbons (Fsp3) is 0.429. The molecule has 0 heterocycles. The molecule has 19 heavy (non-hydrogen) atoms. The van der Waals surface area contributed by atoms with Gasteiger partial charge in [0.05, 0.1) is 19.2 Å². The number of nitrogens with zero attached hydrogens (tertiary/aromatic N) is 1. The molecule has 1 rings (SSSR count). The highest BCUT2D eigenvalue weighted by Crippen LogP contribution is 2.09. The first-order valence-corrected chi connectivity index (χ1v) is 6.18. The van der Waals surface area contributed by atoms with E-state index in [0.29, 0.717) is 6.54 Å². The van der Waals surface area contributed by atoms with Gasteiger partial charge < -0.3 is 9.84 Å². The van der Waals surface area contributed by atoms with Crippen molar-refractivity contribution in [2.75, 3.05) is 20.2 Å². The van der Waals surface area contributed by atoms with E-state index in [9.17, 15) is 9.59 Å². The molecule has 1 N–H and O–H groups in total. The quantitative estimate of drug-likeness (QED) is 0.761. The predicted octanol–water partition coefficient (Wildman–Crippen LogP) is 1.77. The summed E-state index contributed by atoms with van der Waals surface area (Å²) in [4.78, 5) is 24.1. The van der Waals surface area contributed by atoms with Gasteiger partial charge in [-0.15, -0.1) is 0 Å². The highest BCUT2D eigenvalue weighted by atomic mass is 16.5. The summed E-state index contributed by atoms with van der Waals surface area (Å²) < 4.78 is 4.65. The van der Waals surface area contributed by atoms with Gasteiger partial charge in [0.2, 0.25) is 0 Å². The number of carboxylic acids is 1. The Kier molecular flexibility index (Phi) is 6.02. The molecule has 5 nitrogen and oxygen atoms in total. The van der Waals surface area contributed by atoms with Crippen LogP contribution in [0, 0.1) is 0 Å². The molecular weight excluding hydrogens is 246 g/mol. The van der Waals surface area contributed by atoms with E-state index in [4.69, 9.17) is 5.11 Å². The van der Waals surface area contributed by atoms with Crippen molar-refractivity contribution in [1.29, 1.82) is 0 Å². The number of rotatable bonds is 7. The van der Waals surface area contributed by atoms with Crippen molar-refractivity contribution in [3.8, 4) is 0 Å². The van der Waals surface area contributed by atoms with Gasteiger partial charge in [-0.3, -0.25) is 9.69 Å². The lowest BCUT2D eigenvalue weighted by Crippen LogP contribution is -2.30. The Balaban J connectivity index is 2.75. The molecule has 0 aliphatic carbocycles.